The summed E-state index contributed by atoms with van der Waals surface area (Å²) in [6, 6.07) is 9.72. The predicted octanol–water partition coefficient (Wildman–Crippen LogP) is 2.77. The first-order valence-corrected chi connectivity index (χ1v) is 13.7. The van der Waals surface area contributed by atoms with Gasteiger partial charge in [-0.2, -0.15) is 0 Å². The average Bonchev–Trinajstić information content (AvgIpc) is 2.89. The van der Waals surface area contributed by atoms with Crippen LogP contribution in [0, 0.1) is 0 Å². The summed E-state index contributed by atoms with van der Waals surface area (Å²) in [5, 5.41) is 9.88. The van der Waals surface area contributed by atoms with Crippen molar-refractivity contribution in [2.24, 2.45) is 0 Å². The summed E-state index contributed by atoms with van der Waals surface area (Å²) in [5.41, 5.74) is 0.999. The molecule has 11 nitrogen and oxygen atoms in total. The van der Waals surface area contributed by atoms with Gasteiger partial charge in [-0.25, -0.2) is 0 Å². The van der Waals surface area contributed by atoms with Gasteiger partial charge in [-0.15, -0.1) is 0 Å². The van der Waals surface area contributed by atoms with Gasteiger partial charge in [0.2, 0.25) is 0 Å². The minimum Gasteiger partial charge on any atom is -0.459 e. The van der Waals surface area contributed by atoms with E-state index < -0.39 is 79.6 Å². The molecular formula is C29H40O11. The van der Waals surface area contributed by atoms with E-state index in [1.807, 2.05) is 37.3 Å². The Morgan fingerprint density at radius 1 is 0.800 bits per heavy atom. The van der Waals surface area contributed by atoms with Gasteiger partial charge in [0.1, 0.15) is 24.4 Å². The quantitative estimate of drug-likeness (QED) is 0.351. The molecule has 222 valence electrons. The molecule has 0 saturated carbocycles. The minimum absolute atomic E-state index is 0.174. The van der Waals surface area contributed by atoms with E-state index in [0.717, 1.165) is 5.56 Å². The Hall–Kier alpha value is -2.38. The second-order valence-corrected chi connectivity index (χ2v) is 10.4. The number of aliphatic hydroxyl groups is 1. The van der Waals surface area contributed by atoms with Crippen molar-refractivity contribution in [2.75, 3.05) is 0 Å². The van der Waals surface area contributed by atoms with Crippen molar-refractivity contribution in [3.8, 4) is 0 Å². The lowest BCUT2D eigenvalue weighted by Crippen LogP contribution is -2.56. The highest BCUT2D eigenvalue weighted by Gasteiger charge is 2.46. The van der Waals surface area contributed by atoms with Crippen LogP contribution in [-0.4, -0.2) is 84.7 Å². The molecule has 4 rings (SSSR count). The second kappa shape index (κ2) is 14.0. The number of benzene rings is 1. The molecule has 2 saturated heterocycles. The van der Waals surface area contributed by atoms with Crippen LogP contribution in [0.3, 0.4) is 0 Å². The zero-order valence-corrected chi connectivity index (χ0v) is 23.5. The maximum absolute atomic E-state index is 11.9. The molecule has 1 aromatic rings. The number of carbonyl (C=O) groups is 2. The molecule has 1 aromatic carbocycles. The van der Waals surface area contributed by atoms with E-state index in [-0.39, 0.29) is 12.8 Å². The lowest BCUT2D eigenvalue weighted by Gasteiger charge is -2.45. The molecule has 3 aliphatic heterocycles. The van der Waals surface area contributed by atoms with E-state index in [1.54, 1.807) is 26.0 Å². The summed E-state index contributed by atoms with van der Waals surface area (Å²) in [6.07, 6.45) is -3.31. The number of aliphatic hydroxyl groups excluding tert-OH is 1. The third-order valence-electron chi connectivity index (χ3n) is 7.05. The van der Waals surface area contributed by atoms with Gasteiger partial charge >= 0.3 is 11.9 Å². The summed E-state index contributed by atoms with van der Waals surface area (Å²) in [7, 11) is 0. The summed E-state index contributed by atoms with van der Waals surface area (Å²) >= 11 is 0. The fraction of sp³-hybridized carbons (Fsp3) is 0.655. The van der Waals surface area contributed by atoms with Crippen LogP contribution in [0.5, 0.6) is 0 Å². The van der Waals surface area contributed by atoms with Crippen LogP contribution in [0.2, 0.25) is 0 Å². The summed E-state index contributed by atoms with van der Waals surface area (Å²) in [5.74, 6) is -0.917. The lowest BCUT2D eigenvalue weighted by atomic mass is 9.99. The van der Waals surface area contributed by atoms with Crippen molar-refractivity contribution < 1.29 is 52.6 Å². The standard InChI is InChI=1S/C29H40O11/c1-16-22(32)11-12-25(34-16)39-28-18(3)36-27(14-24(28)38-20(5)31)40-29-17(2)35-26(13-23(29)37-19(4)30)33-15-21-9-7-6-8-10-21/h6-12,16-18,22-29,32H,13-15H2,1-5H3/t16-,17-,18-,22?,23+,24+,25+,26-,27+,28-,29-/m1/s1. The van der Waals surface area contributed by atoms with Crippen LogP contribution in [0.4, 0.5) is 0 Å². The van der Waals surface area contributed by atoms with Gasteiger partial charge < -0.3 is 43.0 Å². The highest BCUT2D eigenvalue weighted by molar-refractivity contribution is 5.66. The Bertz CT molecular complexity index is 1000. The Morgan fingerprint density at radius 3 is 1.98 bits per heavy atom. The van der Waals surface area contributed by atoms with Crippen LogP contribution in [0.1, 0.15) is 53.0 Å². The molecule has 1 N–H and O–H groups in total. The molecule has 11 heteroatoms. The van der Waals surface area contributed by atoms with Crippen molar-refractivity contribution in [1.82, 2.24) is 0 Å². The summed E-state index contributed by atoms with van der Waals surface area (Å²) in [6.45, 7) is 8.37. The summed E-state index contributed by atoms with van der Waals surface area (Å²) in [4.78, 5) is 23.9. The number of hydrogen-bond donors (Lipinski definition) is 1. The number of rotatable bonds is 9. The maximum Gasteiger partial charge on any atom is 0.302 e. The van der Waals surface area contributed by atoms with Gasteiger partial charge in [0, 0.05) is 26.7 Å². The molecule has 0 aromatic heterocycles. The van der Waals surface area contributed by atoms with E-state index in [4.69, 9.17) is 37.9 Å². The number of carbonyl (C=O) groups excluding carboxylic acids is 2. The molecule has 0 spiro atoms. The van der Waals surface area contributed by atoms with Crippen molar-refractivity contribution in [1.29, 1.82) is 0 Å². The van der Waals surface area contributed by atoms with Gasteiger partial charge in [-0.1, -0.05) is 36.4 Å². The number of hydrogen-bond acceptors (Lipinski definition) is 11. The van der Waals surface area contributed by atoms with E-state index >= 15 is 0 Å². The fourth-order valence-electron chi connectivity index (χ4n) is 5.11. The molecule has 0 amide bonds. The minimum atomic E-state index is -0.793. The van der Waals surface area contributed by atoms with Gasteiger partial charge in [-0.05, 0) is 32.4 Å². The normalized spacial score (nSPS) is 38.0. The molecule has 0 bridgehead atoms. The van der Waals surface area contributed by atoms with E-state index in [1.165, 1.54) is 13.8 Å². The SMILES string of the molecule is CC(=O)O[C@H]1C[C@H](O[C@H]2[C@@H](OC(C)=O)C[C@H](OCc3ccccc3)O[C@@H]2C)O[C@H](C)[C@H]1O[C@H]1C=CC(O)[C@@H](C)O1. The van der Waals surface area contributed by atoms with Crippen LogP contribution >= 0.6 is 0 Å². The highest BCUT2D eigenvalue weighted by atomic mass is 16.7. The molecular weight excluding hydrogens is 524 g/mol. The van der Waals surface area contributed by atoms with E-state index in [0.29, 0.717) is 6.61 Å². The van der Waals surface area contributed by atoms with Gasteiger partial charge in [0.25, 0.3) is 0 Å². The number of esters is 2. The average molecular weight is 565 g/mol. The van der Waals surface area contributed by atoms with E-state index in [2.05, 4.69) is 0 Å². The largest absolute Gasteiger partial charge is 0.459 e. The molecule has 2 fully saturated rings. The fourth-order valence-corrected chi connectivity index (χ4v) is 5.11. The molecule has 1 unspecified atom stereocenters. The van der Waals surface area contributed by atoms with Crippen LogP contribution in [0.25, 0.3) is 0 Å². The topological polar surface area (TPSA) is 128 Å². The third-order valence-corrected chi connectivity index (χ3v) is 7.05. The van der Waals surface area contributed by atoms with Gasteiger partial charge in [-0.3, -0.25) is 9.59 Å². The first-order valence-electron chi connectivity index (χ1n) is 13.7. The Morgan fingerprint density at radius 2 is 1.38 bits per heavy atom. The second-order valence-electron chi connectivity index (χ2n) is 10.4. The van der Waals surface area contributed by atoms with Crippen molar-refractivity contribution in [3.63, 3.8) is 0 Å². The van der Waals surface area contributed by atoms with E-state index in [9.17, 15) is 14.7 Å². The molecule has 3 heterocycles. The number of ether oxygens (including phenoxy) is 8. The molecule has 0 radical (unpaired) electrons. The molecule has 3 aliphatic rings. The van der Waals surface area contributed by atoms with Gasteiger partial charge in [0.05, 0.1) is 31.0 Å². The van der Waals surface area contributed by atoms with Gasteiger partial charge in [0.15, 0.2) is 18.9 Å². The Kier molecular flexibility index (Phi) is 10.7. The summed E-state index contributed by atoms with van der Waals surface area (Å²) < 4.78 is 47.5. The Labute approximate surface area is 234 Å². The zero-order valence-electron chi connectivity index (χ0n) is 23.5. The molecule has 11 atom stereocenters. The van der Waals surface area contributed by atoms with Crippen LogP contribution in [-0.2, 0) is 54.1 Å². The van der Waals surface area contributed by atoms with Crippen molar-refractivity contribution in [3.05, 3.63) is 48.0 Å². The van der Waals surface area contributed by atoms with Crippen LogP contribution < -0.4 is 0 Å². The third kappa shape index (κ3) is 8.32. The lowest BCUT2D eigenvalue weighted by molar-refractivity contribution is -0.325. The predicted molar refractivity (Wildman–Crippen MR) is 139 cm³/mol. The monoisotopic (exact) mass is 564 g/mol. The first kappa shape index (κ1) is 30.6. The Balaban J connectivity index is 1.40. The van der Waals surface area contributed by atoms with Crippen LogP contribution in [0.15, 0.2) is 42.5 Å². The van der Waals surface area contributed by atoms with Crippen molar-refractivity contribution in [2.45, 2.75) is 122 Å². The zero-order chi connectivity index (χ0) is 28.8. The van der Waals surface area contributed by atoms with Crippen molar-refractivity contribution >= 4 is 11.9 Å². The highest BCUT2D eigenvalue weighted by Crippen LogP contribution is 2.33. The first-order chi connectivity index (χ1) is 19.1. The molecule has 40 heavy (non-hydrogen) atoms. The smallest absolute Gasteiger partial charge is 0.302 e. The molecule has 0 aliphatic carbocycles. The maximum atomic E-state index is 11.9.